The van der Waals surface area contributed by atoms with Crippen LogP contribution in [0.1, 0.15) is 12.5 Å². The number of aliphatic carboxylic acids is 1. The Balaban J connectivity index is 2.19. The molecular weight excluding hydrogens is 271 g/mol. The normalized spacial score (nSPS) is 27.7. The number of nitrogens with zero attached hydrogens (tertiary/aromatic N) is 1. The Bertz CT molecular complexity index is 489. The molecule has 2 rings (SSSR count). The van der Waals surface area contributed by atoms with Crippen molar-refractivity contribution in [3.63, 3.8) is 0 Å². The maximum absolute atomic E-state index is 13.2. The van der Waals surface area contributed by atoms with Gasteiger partial charge in [-0.3, -0.25) is 9.69 Å². The molecule has 6 heteroatoms. The summed E-state index contributed by atoms with van der Waals surface area (Å²) in [6.07, 6.45) is -4.53. The van der Waals surface area contributed by atoms with Gasteiger partial charge in [-0.25, -0.2) is 0 Å². The van der Waals surface area contributed by atoms with E-state index in [4.69, 9.17) is 5.11 Å². The van der Waals surface area contributed by atoms with Crippen LogP contribution in [0.5, 0.6) is 0 Å². The van der Waals surface area contributed by atoms with Gasteiger partial charge in [-0.05, 0) is 12.5 Å². The monoisotopic (exact) mass is 287 g/mol. The van der Waals surface area contributed by atoms with Gasteiger partial charge in [0.25, 0.3) is 0 Å². The molecule has 2 atom stereocenters. The van der Waals surface area contributed by atoms with Crippen molar-refractivity contribution < 1.29 is 23.1 Å². The highest BCUT2D eigenvalue weighted by Gasteiger charge is 2.62. The van der Waals surface area contributed by atoms with Gasteiger partial charge in [-0.2, -0.15) is 13.2 Å². The van der Waals surface area contributed by atoms with E-state index < -0.39 is 23.5 Å². The lowest BCUT2D eigenvalue weighted by molar-refractivity contribution is -0.228. The quantitative estimate of drug-likeness (QED) is 0.929. The number of likely N-dealkylation sites (tertiary alicyclic amines) is 1. The molecule has 20 heavy (non-hydrogen) atoms. The Morgan fingerprint density at radius 3 is 2.45 bits per heavy atom. The summed E-state index contributed by atoms with van der Waals surface area (Å²) in [6.45, 7) is 0.954. The zero-order valence-electron chi connectivity index (χ0n) is 11.0. The molecule has 1 fully saturated rings. The van der Waals surface area contributed by atoms with E-state index >= 15 is 0 Å². The average molecular weight is 287 g/mol. The molecule has 0 aliphatic carbocycles. The Kier molecular flexibility index (Phi) is 3.77. The molecule has 1 aliphatic rings. The van der Waals surface area contributed by atoms with Crippen molar-refractivity contribution in [3.05, 3.63) is 35.9 Å². The first-order valence-corrected chi connectivity index (χ1v) is 6.30. The number of hydrogen-bond donors (Lipinski definition) is 1. The summed E-state index contributed by atoms with van der Waals surface area (Å²) < 4.78 is 39.5. The molecule has 1 N–H and O–H groups in total. The van der Waals surface area contributed by atoms with Gasteiger partial charge in [0.1, 0.15) is 0 Å². The van der Waals surface area contributed by atoms with E-state index in [2.05, 4.69) is 0 Å². The van der Waals surface area contributed by atoms with Crippen LogP contribution in [-0.2, 0) is 11.3 Å². The summed E-state index contributed by atoms with van der Waals surface area (Å²) in [6, 6.07) is 9.08. The van der Waals surface area contributed by atoms with Gasteiger partial charge >= 0.3 is 12.1 Å². The lowest BCUT2D eigenvalue weighted by atomic mass is 9.79. The van der Waals surface area contributed by atoms with Gasteiger partial charge in [0.2, 0.25) is 0 Å². The number of hydrogen-bond acceptors (Lipinski definition) is 2. The SMILES string of the molecule is C[C@@]1(C(F)(F)F)CN(Cc2ccccc2)C[C@H]1C(=O)O. The van der Waals surface area contributed by atoms with Gasteiger partial charge in [0.05, 0.1) is 11.3 Å². The summed E-state index contributed by atoms with van der Waals surface area (Å²) in [5, 5.41) is 9.07. The molecule has 0 saturated carbocycles. The molecule has 110 valence electrons. The first-order chi connectivity index (χ1) is 9.24. The van der Waals surface area contributed by atoms with Crippen molar-refractivity contribution >= 4 is 5.97 Å². The second-order valence-electron chi connectivity index (χ2n) is 5.46. The van der Waals surface area contributed by atoms with E-state index in [0.717, 1.165) is 12.5 Å². The minimum Gasteiger partial charge on any atom is -0.481 e. The fraction of sp³-hybridized carbons (Fsp3) is 0.500. The second-order valence-corrected chi connectivity index (χ2v) is 5.46. The molecule has 0 amide bonds. The molecule has 0 bridgehead atoms. The number of carbonyl (C=O) groups is 1. The number of halogens is 3. The zero-order valence-corrected chi connectivity index (χ0v) is 11.0. The van der Waals surface area contributed by atoms with Crippen LogP contribution in [-0.4, -0.2) is 35.2 Å². The number of benzene rings is 1. The van der Waals surface area contributed by atoms with Crippen molar-refractivity contribution in [2.45, 2.75) is 19.6 Å². The predicted molar refractivity (Wildman–Crippen MR) is 67.0 cm³/mol. The van der Waals surface area contributed by atoms with E-state index in [1.165, 1.54) is 0 Å². The zero-order chi connectivity index (χ0) is 15.0. The Morgan fingerprint density at radius 1 is 1.40 bits per heavy atom. The molecule has 1 aliphatic heterocycles. The molecule has 0 radical (unpaired) electrons. The maximum atomic E-state index is 13.2. The van der Waals surface area contributed by atoms with Crippen LogP contribution >= 0.6 is 0 Å². The van der Waals surface area contributed by atoms with Crippen molar-refractivity contribution in [1.29, 1.82) is 0 Å². The number of carboxylic acids is 1. The van der Waals surface area contributed by atoms with Crippen molar-refractivity contribution in [2.75, 3.05) is 13.1 Å². The second kappa shape index (κ2) is 5.09. The lowest BCUT2D eigenvalue weighted by Crippen LogP contribution is -2.44. The molecule has 1 aromatic rings. The van der Waals surface area contributed by atoms with Crippen molar-refractivity contribution in [2.24, 2.45) is 11.3 Å². The molecule has 0 unspecified atom stereocenters. The van der Waals surface area contributed by atoms with Gasteiger partial charge in [0, 0.05) is 19.6 Å². The molecule has 1 heterocycles. The van der Waals surface area contributed by atoms with Crippen LogP contribution < -0.4 is 0 Å². The van der Waals surface area contributed by atoms with Crippen LogP contribution in [0.15, 0.2) is 30.3 Å². The molecule has 1 saturated heterocycles. The highest BCUT2D eigenvalue weighted by molar-refractivity contribution is 5.72. The van der Waals surface area contributed by atoms with Crippen LogP contribution in [0.4, 0.5) is 13.2 Å². The van der Waals surface area contributed by atoms with E-state index in [0.29, 0.717) is 6.54 Å². The smallest absolute Gasteiger partial charge is 0.396 e. The maximum Gasteiger partial charge on any atom is 0.396 e. The first kappa shape index (κ1) is 14.8. The molecule has 0 aromatic heterocycles. The topological polar surface area (TPSA) is 40.5 Å². The van der Waals surface area contributed by atoms with Gasteiger partial charge in [-0.15, -0.1) is 0 Å². The van der Waals surface area contributed by atoms with Crippen LogP contribution in [0.25, 0.3) is 0 Å². The molecule has 1 aromatic carbocycles. The summed E-state index contributed by atoms with van der Waals surface area (Å²) in [7, 11) is 0. The van der Waals surface area contributed by atoms with Crippen molar-refractivity contribution in [1.82, 2.24) is 4.90 Å². The van der Waals surface area contributed by atoms with E-state index in [1.54, 1.807) is 4.90 Å². The Morgan fingerprint density at radius 2 is 2.00 bits per heavy atom. The Hall–Kier alpha value is -1.56. The van der Waals surface area contributed by atoms with Crippen LogP contribution in [0, 0.1) is 11.3 Å². The third-order valence-corrected chi connectivity index (χ3v) is 3.96. The third kappa shape index (κ3) is 2.65. The molecular formula is C14H16F3NO2. The minimum atomic E-state index is -4.53. The number of alkyl halides is 3. The van der Waals surface area contributed by atoms with E-state index in [-0.39, 0.29) is 13.1 Å². The standard InChI is InChI=1S/C14H16F3NO2/c1-13(14(15,16)17)9-18(8-11(13)12(19)20)7-10-5-3-2-4-6-10/h2-6,11H,7-9H2,1H3,(H,19,20)/t11-,13+/m0/s1. The van der Waals surface area contributed by atoms with Gasteiger partial charge in [0.15, 0.2) is 0 Å². The van der Waals surface area contributed by atoms with Crippen LogP contribution in [0.2, 0.25) is 0 Å². The summed E-state index contributed by atoms with van der Waals surface area (Å²) in [5.41, 5.74) is -1.32. The highest BCUT2D eigenvalue weighted by atomic mass is 19.4. The van der Waals surface area contributed by atoms with E-state index in [9.17, 15) is 18.0 Å². The lowest BCUT2D eigenvalue weighted by Gasteiger charge is -2.30. The molecule has 3 nitrogen and oxygen atoms in total. The Labute approximate surface area is 115 Å². The third-order valence-electron chi connectivity index (χ3n) is 3.96. The summed E-state index contributed by atoms with van der Waals surface area (Å²) >= 11 is 0. The van der Waals surface area contributed by atoms with Gasteiger partial charge < -0.3 is 5.11 Å². The largest absolute Gasteiger partial charge is 0.481 e. The fourth-order valence-corrected chi connectivity index (χ4v) is 2.70. The van der Waals surface area contributed by atoms with E-state index in [1.807, 2.05) is 30.3 Å². The fourth-order valence-electron chi connectivity index (χ4n) is 2.70. The van der Waals surface area contributed by atoms with Crippen molar-refractivity contribution in [3.8, 4) is 0 Å². The van der Waals surface area contributed by atoms with Gasteiger partial charge in [-0.1, -0.05) is 30.3 Å². The first-order valence-electron chi connectivity index (χ1n) is 6.30. The summed E-state index contributed by atoms with van der Waals surface area (Å²) in [5.74, 6) is -2.81. The minimum absolute atomic E-state index is 0.0831. The van der Waals surface area contributed by atoms with Crippen LogP contribution in [0.3, 0.4) is 0 Å². The number of rotatable bonds is 3. The summed E-state index contributed by atoms with van der Waals surface area (Å²) in [4.78, 5) is 12.7. The average Bonchev–Trinajstić information content (AvgIpc) is 2.68. The number of carboxylic acid groups (broad SMARTS) is 1. The molecule has 0 spiro atoms. The highest BCUT2D eigenvalue weighted by Crippen LogP contribution is 2.48. The predicted octanol–water partition coefficient (Wildman–Crippen LogP) is 2.77.